The first kappa shape index (κ1) is 16.2. The van der Waals surface area contributed by atoms with Crippen molar-refractivity contribution >= 4 is 17.2 Å². The zero-order valence-electron chi connectivity index (χ0n) is 13.2. The van der Waals surface area contributed by atoms with Crippen LogP contribution in [-0.4, -0.2) is 17.9 Å². The summed E-state index contributed by atoms with van der Waals surface area (Å²) in [6, 6.07) is 13.2. The molecule has 0 unspecified atom stereocenters. The molecule has 4 nitrogen and oxygen atoms in total. The molecular formula is C19H17N3O. The van der Waals surface area contributed by atoms with Crippen molar-refractivity contribution in [3.05, 3.63) is 78.1 Å². The van der Waals surface area contributed by atoms with Gasteiger partial charge in [0.15, 0.2) is 0 Å². The highest BCUT2D eigenvalue weighted by atomic mass is 16.2. The number of carbonyl (C=O) groups is 1. The van der Waals surface area contributed by atoms with Gasteiger partial charge in [0, 0.05) is 36.3 Å². The van der Waals surface area contributed by atoms with E-state index in [1.807, 2.05) is 36.4 Å². The largest absolute Gasteiger partial charge is 0.312 e. The van der Waals surface area contributed by atoms with Crippen molar-refractivity contribution in [1.29, 1.82) is 5.26 Å². The van der Waals surface area contributed by atoms with Gasteiger partial charge in [-0.2, -0.15) is 5.26 Å². The molecule has 1 aromatic carbocycles. The van der Waals surface area contributed by atoms with Crippen molar-refractivity contribution in [1.82, 2.24) is 4.98 Å². The first-order valence-corrected chi connectivity index (χ1v) is 7.08. The van der Waals surface area contributed by atoms with Crippen molar-refractivity contribution in [3.8, 4) is 6.07 Å². The number of rotatable bonds is 4. The molecule has 2 rings (SSSR count). The molecule has 23 heavy (non-hydrogen) atoms. The molecule has 0 aliphatic heterocycles. The van der Waals surface area contributed by atoms with Gasteiger partial charge in [-0.1, -0.05) is 24.8 Å². The van der Waals surface area contributed by atoms with Gasteiger partial charge in [-0.05, 0) is 36.8 Å². The molecule has 1 aromatic heterocycles. The Balaban J connectivity index is 2.20. The van der Waals surface area contributed by atoms with Crippen LogP contribution in [0, 0.1) is 11.3 Å². The monoisotopic (exact) mass is 303 g/mol. The minimum Gasteiger partial charge on any atom is -0.312 e. The summed E-state index contributed by atoms with van der Waals surface area (Å²) in [5, 5.41) is 8.92. The molecule has 0 aliphatic rings. The SMILES string of the molecule is C=C(C=C(C)C(=O)N(C)c1ccccc1)c1cncc(C#N)c1. The number of hydrogen-bond donors (Lipinski definition) is 0. The molecule has 114 valence electrons. The summed E-state index contributed by atoms with van der Waals surface area (Å²) in [5.74, 6) is -0.109. The van der Waals surface area contributed by atoms with Crippen LogP contribution in [0.1, 0.15) is 18.1 Å². The van der Waals surface area contributed by atoms with E-state index in [4.69, 9.17) is 5.26 Å². The number of pyridine rings is 1. The molecule has 0 N–H and O–H groups in total. The summed E-state index contributed by atoms with van der Waals surface area (Å²) in [6.45, 7) is 5.70. The van der Waals surface area contributed by atoms with E-state index in [2.05, 4.69) is 11.6 Å². The number of nitrogens with zero attached hydrogens (tertiary/aromatic N) is 3. The van der Waals surface area contributed by atoms with E-state index in [0.29, 0.717) is 16.7 Å². The lowest BCUT2D eigenvalue weighted by Gasteiger charge is -2.17. The van der Waals surface area contributed by atoms with Gasteiger partial charge < -0.3 is 4.90 Å². The van der Waals surface area contributed by atoms with E-state index in [9.17, 15) is 4.79 Å². The standard InChI is InChI=1S/C19H17N3O/c1-14(17-10-16(11-20)12-21-13-17)9-15(2)19(23)22(3)18-7-5-4-6-8-18/h4-10,12-13H,1H2,2-3H3. The van der Waals surface area contributed by atoms with Gasteiger partial charge in [-0.3, -0.25) is 9.78 Å². The summed E-state index contributed by atoms with van der Waals surface area (Å²) in [7, 11) is 1.73. The van der Waals surface area contributed by atoms with Gasteiger partial charge in [0.05, 0.1) is 5.56 Å². The minimum atomic E-state index is -0.109. The van der Waals surface area contributed by atoms with Crippen LogP contribution in [0.15, 0.2) is 67.0 Å². The number of aromatic nitrogens is 1. The van der Waals surface area contributed by atoms with Gasteiger partial charge in [-0.25, -0.2) is 0 Å². The highest BCUT2D eigenvalue weighted by Gasteiger charge is 2.13. The summed E-state index contributed by atoms with van der Waals surface area (Å²) in [4.78, 5) is 18.1. The predicted octanol–water partition coefficient (Wildman–Crippen LogP) is 3.58. The molecule has 2 aromatic rings. The summed E-state index contributed by atoms with van der Waals surface area (Å²) >= 11 is 0. The van der Waals surface area contributed by atoms with Crippen molar-refractivity contribution < 1.29 is 4.79 Å². The van der Waals surface area contributed by atoms with E-state index in [1.165, 1.54) is 6.20 Å². The Labute approximate surface area is 136 Å². The lowest BCUT2D eigenvalue weighted by Crippen LogP contribution is -2.26. The van der Waals surface area contributed by atoms with E-state index < -0.39 is 0 Å². The molecule has 0 saturated heterocycles. The first-order chi connectivity index (χ1) is 11.0. The normalized spacial score (nSPS) is 10.7. The van der Waals surface area contributed by atoms with Crippen LogP contribution in [0.25, 0.3) is 5.57 Å². The van der Waals surface area contributed by atoms with Crippen LogP contribution in [0.5, 0.6) is 0 Å². The third kappa shape index (κ3) is 3.92. The topological polar surface area (TPSA) is 57.0 Å². The second-order valence-electron chi connectivity index (χ2n) is 5.13. The molecular weight excluding hydrogens is 286 g/mol. The third-order valence-corrected chi connectivity index (χ3v) is 3.41. The van der Waals surface area contributed by atoms with Crippen LogP contribution in [0.3, 0.4) is 0 Å². The van der Waals surface area contributed by atoms with Crippen LogP contribution in [0.4, 0.5) is 5.69 Å². The Hall–Kier alpha value is -3.19. The molecule has 0 fully saturated rings. The van der Waals surface area contributed by atoms with Gasteiger partial charge in [-0.15, -0.1) is 0 Å². The summed E-state index contributed by atoms with van der Waals surface area (Å²) in [5.41, 5.74) is 3.20. The lowest BCUT2D eigenvalue weighted by atomic mass is 10.0. The average molecular weight is 303 g/mol. The number of amides is 1. The predicted molar refractivity (Wildman–Crippen MR) is 91.6 cm³/mol. The number of allylic oxidation sites excluding steroid dienone is 2. The van der Waals surface area contributed by atoms with Gasteiger partial charge in [0.1, 0.15) is 6.07 Å². The maximum Gasteiger partial charge on any atom is 0.253 e. The van der Waals surface area contributed by atoms with Crippen LogP contribution in [-0.2, 0) is 4.79 Å². The first-order valence-electron chi connectivity index (χ1n) is 7.08. The Morgan fingerprint density at radius 3 is 2.65 bits per heavy atom. The molecule has 0 aliphatic carbocycles. The van der Waals surface area contributed by atoms with Crippen LogP contribution < -0.4 is 4.90 Å². The Morgan fingerprint density at radius 1 is 1.30 bits per heavy atom. The van der Waals surface area contributed by atoms with Crippen molar-refractivity contribution in [2.24, 2.45) is 0 Å². The Bertz CT molecular complexity index is 801. The zero-order chi connectivity index (χ0) is 16.8. The summed E-state index contributed by atoms with van der Waals surface area (Å²) < 4.78 is 0. The molecule has 4 heteroatoms. The molecule has 0 atom stereocenters. The number of hydrogen-bond acceptors (Lipinski definition) is 3. The average Bonchev–Trinajstić information content (AvgIpc) is 2.61. The zero-order valence-corrected chi connectivity index (χ0v) is 13.2. The molecule has 0 spiro atoms. The maximum atomic E-state index is 12.5. The number of benzene rings is 1. The second-order valence-corrected chi connectivity index (χ2v) is 5.13. The van der Waals surface area contributed by atoms with Crippen LogP contribution in [0.2, 0.25) is 0 Å². The van der Waals surface area contributed by atoms with Gasteiger partial charge >= 0.3 is 0 Å². The van der Waals surface area contributed by atoms with E-state index >= 15 is 0 Å². The number of para-hydroxylation sites is 1. The molecule has 1 amide bonds. The highest BCUT2D eigenvalue weighted by Crippen LogP contribution is 2.18. The van der Waals surface area contributed by atoms with E-state index in [0.717, 1.165) is 11.3 Å². The Kier molecular flexibility index (Phi) is 5.06. The van der Waals surface area contributed by atoms with Crippen molar-refractivity contribution in [2.45, 2.75) is 6.92 Å². The molecule has 0 radical (unpaired) electrons. The van der Waals surface area contributed by atoms with Crippen LogP contribution >= 0.6 is 0 Å². The molecule has 0 saturated carbocycles. The third-order valence-electron chi connectivity index (χ3n) is 3.41. The van der Waals surface area contributed by atoms with Gasteiger partial charge in [0.25, 0.3) is 5.91 Å². The Morgan fingerprint density at radius 2 is 2.00 bits per heavy atom. The van der Waals surface area contributed by atoms with Gasteiger partial charge in [0.2, 0.25) is 0 Å². The highest BCUT2D eigenvalue weighted by molar-refractivity contribution is 6.06. The van der Waals surface area contributed by atoms with E-state index in [-0.39, 0.29) is 5.91 Å². The molecule has 0 bridgehead atoms. The number of nitriles is 1. The smallest absolute Gasteiger partial charge is 0.253 e. The quantitative estimate of drug-likeness (QED) is 0.641. The lowest BCUT2D eigenvalue weighted by molar-refractivity contribution is -0.114. The molecule has 1 heterocycles. The van der Waals surface area contributed by atoms with Crippen molar-refractivity contribution in [2.75, 3.05) is 11.9 Å². The fraction of sp³-hybridized carbons (Fsp3) is 0.105. The van der Waals surface area contributed by atoms with Crippen molar-refractivity contribution in [3.63, 3.8) is 0 Å². The number of likely N-dealkylation sites (N-methyl/N-ethyl adjacent to an activating group) is 1. The number of carbonyl (C=O) groups excluding carboxylic acids is 1. The minimum absolute atomic E-state index is 0.109. The van der Waals surface area contributed by atoms with E-state index in [1.54, 1.807) is 37.2 Å². The second kappa shape index (κ2) is 7.19. The fourth-order valence-electron chi connectivity index (χ4n) is 2.12. The summed E-state index contributed by atoms with van der Waals surface area (Å²) in [6.07, 6.45) is 4.82. The maximum absolute atomic E-state index is 12.5. The fourth-order valence-corrected chi connectivity index (χ4v) is 2.12. The number of anilines is 1.